The maximum absolute atomic E-state index is 11.3. The van der Waals surface area contributed by atoms with E-state index in [9.17, 15) is 8.42 Å². The van der Waals surface area contributed by atoms with E-state index in [1.165, 1.54) is 24.5 Å². The first-order chi connectivity index (χ1) is 8.99. The van der Waals surface area contributed by atoms with Crippen LogP contribution >= 0.6 is 0 Å². The summed E-state index contributed by atoms with van der Waals surface area (Å²) in [7, 11) is -3.19. The molecule has 0 saturated carbocycles. The predicted molar refractivity (Wildman–Crippen MR) is 72.7 cm³/mol. The largest absolute Gasteiger partial charge is 0.339 e. The molecular formula is C11H13N5O2S. The Bertz CT molecular complexity index is 670. The number of benzene rings is 1. The number of hydrogen-bond acceptors (Lipinski definition) is 7. The number of nitrogens with two attached hydrogens (primary N) is 1. The van der Waals surface area contributed by atoms with Crippen LogP contribution < -0.4 is 16.6 Å². The Morgan fingerprint density at radius 1 is 1.11 bits per heavy atom. The van der Waals surface area contributed by atoms with Crippen molar-refractivity contribution in [1.82, 2.24) is 9.97 Å². The van der Waals surface area contributed by atoms with E-state index in [1.54, 1.807) is 12.1 Å². The van der Waals surface area contributed by atoms with Gasteiger partial charge in [0.15, 0.2) is 21.5 Å². The van der Waals surface area contributed by atoms with Crippen molar-refractivity contribution in [3.05, 3.63) is 36.7 Å². The molecule has 4 N–H and O–H groups in total. The highest BCUT2D eigenvalue weighted by atomic mass is 32.2. The summed E-state index contributed by atoms with van der Waals surface area (Å²) in [6.45, 7) is 0. The van der Waals surface area contributed by atoms with Crippen LogP contribution in [0, 0.1) is 0 Å². The molecule has 0 aliphatic rings. The maximum Gasteiger partial charge on any atom is 0.175 e. The molecule has 100 valence electrons. The first-order valence-corrected chi connectivity index (χ1v) is 7.24. The van der Waals surface area contributed by atoms with Crippen LogP contribution in [-0.4, -0.2) is 24.6 Å². The molecule has 1 heterocycles. The topological polar surface area (TPSA) is 110 Å². The Labute approximate surface area is 110 Å². The van der Waals surface area contributed by atoms with Gasteiger partial charge in [-0.3, -0.25) is 4.98 Å². The minimum atomic E-state index is -3.19. The lowest BCUT2D eigenvalue weighted by molar-refractivity contribution is 0.602. The van der Waals surface area contributed by atoms with Crippen LogP contribution in [0.25, 0.3) is 0 Å². The lowest BCUT2D eigenvalue weighted by atomic mass is 10.3. The van der Waals surface area contributed by atoms with Gasteiger partial charge in [0.05, 0.1) is 17.3 Å². The third-order valence-electron chi connectivity index (χ3n) is 2.34. The standard InChI is InChI=1S/C11H13N5O2S/c1-19(17,18)9-4-2-8(3-5-9)14-10-6-13-7-11(15-10)16-12/h2-7H,12H2,1H3,(H2,14,15,16). The second-order valence-electron chi connectivity index (χ2n) is 3.86. The summed E-state index contributed by atoms with van der Waals surface area (Å²) in [5, 5.41) is 2.99. The zero-order chi connectivity index (χ0) is 13.9. The van der Waals surface area contributed by atoms with E-state index < -0.39 is 9.84 Å². The van der Waals surface area contributed by atoms with Crippen molar-refractivity contribution in [3.63, 3.8) is 0 Å². The molecule has 0 atom stereocenters. The third-order valence-corrected chi connectivity index (χ3v) is 3.47. The number of aromatic nitrogens is 2. The number of hydrazine groups is 1. The SMILES string of the molecule is CS(=O)(=O)c1ccc(Nc2cncc(NN)n2)cc1. The number of nitrogens with zero attached hydrogens (tertiary/aromatic N) is 2. The summed E-state index contributed by atoms with van der Waals surface area (Å²) in [5.41, 5.74) is 3.09. The average Bonchev–Trinajstić information content (AvgIpc) is 2.38. The van der Waals surface area contributed by atoms with Gasteiger partial charge in [-0.1, -0.05) is 0 Å². The molecule has 0 bridgehead atoms. The quantitative estimate of drug-likeness (QED) is 0.563. The number of nitrogen functional groups attached to an aromatic ring is 1. The van der Waals surface area contributed by atoms with Crippen LogP contribution in [-0.2, 0) is 9.84 Å². The molecule has 8 heteroatoms. The maximum atomic E-state index is 11.3. The van der Waals surface area contributed by atoms with Gasteiger partial charge in [-0.15, -0.1) is 0 Å². The van der Waals surface area contributed by atoms with E-state index in [0.717, 1.165) is 6.26 Å². The van der Waals surface area contributed by atoms with Gasteiger partial charge in [-0.25, -0.2) is 19.2 Å². The average molecular weight is 279 g/mol. The zero-order valence-corrected chi connectivity index (χ0v) is 11.0. The second-order valence-corrected chi connectivity index (χ2v) is 5.87. The van der Waals surface area contributed by atoms with E-state index in [0.29, 0.717) is 17.3 Å². The highest BCUT2D eigenvalue weighted by molar-refractivity contribution is 7.90. The molecule has 2 aromatic rings. The van der Waals surface area contributed by atoms with E-state index in [1.807, 2.05) is 0 Å². The molecular weight excluding hydrogens is 266 g/mol. The number of rotatable bonds is 4. The summed E-state index contributed by atoms with van der Waals surface area (Å²) in [6.07, 6.45) is 4.18. The first kappa shape index (κ1) is 13.2. The molecule has 0 saturated heterocycles. The predicted octanol–water partition coefficient (Wildman–Crippen LogP) is 0.909. The van der Waals surface area contributed by atoms with Crippen LogP contribution in [0.15, 0.2) is 41.6 Å². The fourth-order valence-electron chi connectivity index (χ4n) is 1.43. The number of hydrogen-bond donors (Lipinski definition) is 3. The molecule has 0 amide bonds. The van der Waals surface area contributed by atoms with E-state index in [4.69, 9.17) is 5.84 Å². The summed E-state index contributed by atoms with van der Waals surface area (Å²) < 4.78 is 22.6. The second kappa shape index (κ2) is 5.21. The fourth-order valence-corrected chi connectivity index (χ4v) is 2.06. The zero-order valence-electron chi connectivity index (χ0n) is 10.2. The van der Waals surface area contributed by atoms with Crippen molar-refractivity contribution in [2.75, 3.05) is 17.0 Å². The van der Waals surface area contributed by atoms with Crippen molar-refractivity contribution < 1.29 is 8.42 Å². The van der Waals surface area contributed by atoms with Crippen molar-refractivity contribution in [2.45, 2.75) is 4.90 Å². The number of anilines is 3. The molecule has 2 rings (SSSR count). The van der Waals surface area contributed by atoms with Crippen molar-refractivity contribution in [3.8, 4) is 0 Å². The normalized spacial score (nSPS) is 11.1. The lowest BCUT2D eigenvalue weighted by Crippen LogP contribution is -2.09. The highest BCUT2D eigenvalue weighted by Crippen LogP contribution is 2.17. The summed E-state index contributed by atoms with van der Waals surface area (Å²) in [4.78, 5) is 8.34. The Kier molecular flexibility index (Phi) is 3.63. The van der Waals surface area contributed by atoms with Gasteiger partial charge in [0.1, 0.15) is 0 Å². The molecule has 0 spiro atoms. The molecule has 0 fully saturated rings. The van der Waals surface area contributed by atoms with Crippen LogP contribution in [0.3, 0.4) is 0 Å². The Balaban J connectivity index is 2.19. The van der Waals surface area contributed by atoms with E-state index in [-0.39, 0.29) is 4.90 Å². The van der Waals surface area contributed by atoms with Crippen LogP contribution in [0.1, 0.15) is 0 Å². The van der Waals surface area contributed by atoms with E-state index >= 15 is 0 Å². The van der Waals surface area contributed by atoms with Gasteiger partial charge >= 0.3 is 0 Å². The molecule has 0 aliphatic carbocycles. The minimum Gasteiger partial charge on any atom is -0.339 e. The third kappa shape index (κ3) is 3.39. The Morgan fingerprint density at radius 2 is 1.74 bits per heavy atom. The van der Waals surface area contributed by atoms with Gasteiger partial charge in [-0.05, 0) is 24.3 Å². The smallest absolute Gasteiger partial charge is 0.175 e. The van der Waals surface area contributed by atoms with Crippen LogP contribution in [0.5, 0.6) is 0 Å². The highest BCUT2D eigenvalue weighted by Gasteiger charge is 2.06. The summed E-state index contributed by atoms with van der Waals surface area (Å²) in [5.74, 6) is 6.16. The van der Waals surface area contributed by atoms with E-state index in [2.05, 4.69) is 20.7 Å². The van der Waals surface area contributed by atoms with Gasteiger partial charge in [-0.2, -0.15) is 0 Å². The van der Waals surface area contributed by atoms with Crippen LogP contribution in [0.4, 0.5) is 17.3 Å². The number of nitrogens with one attached hydrogen (secondary N) is 2. The molecule has 1 aromatic carbocycles. The van der Waals surface area contributed by atoms with Crippen molar-refractivity contribution in [1.29, 1.82) is 0 Å². The molecule has 1 aromatic heterocycles. The van der Waals surface area contributed by atoms with Gasteiger partial charge in [0.2, 0.25) is 0 Å². The lowest BCUT2D eigenvalue weighted by Gasteiger charge is -2.07. The van der Waals surface area contributed by atoms with Crippen LogP contribution in [0.2, 0.25) is 0 Å². The van der Waals surface area contributed by atoms with Gasteiger partial charge in [0.25, 0.3) is 0 Å². The molecule has 0 unspecified atom stereocenters. The molecule has 0 radical (unpaired) electrons. The minimum absolute atomic E-state index is 0.265. The Hall–Kier alpha value is -2.19. The first-order valence-electron chi connectivity index (χ1n) is 5.35. The molecule has 19 heavy (non-hydrogen) atoms. The molecule has 7 nitrogen and oxygen atoms in total. The van der Waals surface area contributed by atoms with Gasteiger partial charge in [0, 0.05) is 11.9 Å². The Morgan fingerprint density at radius 3 is 2.32 bits per heavy atom. The number of sulfone groups is 1. The summed E-state index contributed by atoms with van der Waals surface area (Å²) >= 11 is 0. The molecule has 0 aliphatic heterocycles. The summed E-state index contributed by atoms with van der Waals surface area (Å²) in [6, 6.07) is 6.35. The fraction of sp³-hybridized carbons (Fsp3) is 0.0909. The monoisotopic (exact) mass is 279 g/mol. The van der Waals surface area contributed by atoms with Crippen molar-refractivity contribution in [2.24, 2.45) is 5.84 Å². The van der Waals surface area contributed by atoms with Gasteiger partial charge < -0.3 is 10.7 Å². The van der Waals surface area contributed by atoms with Crippen molar-refractivity contribution >= 4 is 27.2 Å².